The van der Waals surface area contributed by atoms with Gasteiger partial charge in [0.25, 0.3) is 11.8 Å². The molecule has 0 atom stereocenters. The zero-order valence-corrected chi connectivity index (χ0v) is 19.4. The van der Waals surface area contributed by atoms with Crippen LogP contribution < -0.4 is 15.4 Å². The van der Waals surface area contributed by atoms with Crippen molar-refractivity contribution in [2.75, 3.05) is 12.4 Å². The number of anilines is 1. The molecule has 12 heteroatoms. The highest BCUT2D eigenvalue weighted by atomic mass is 19.4. The molecule has 0 saturated carbocycles. The van der Waals surface area contributed by atoms with Crippen LogP contribution in [0.25, 0.3) is 10.8 Å². The number of ether oxygens (including phenoxy) is 1. The monoisotopic (exact) mass is 533 g/mol. The van der Waals surface area contributed by atoms with Crippen LogP contribution in [0.4, 0.5) is 32.0 Å². The molecule has 0 fully saturated rings. The summed E-state index contributed by atoms with van der Waals surface area (Å²) in [5.41, 5.74) is -3.68. The summed E-state index contributed by atoms with van der Waals surface area (Å²) in [6.07, 6.45) is -8.77. The number of hydrogen-bond donors (Lipinski definition) is 2. The van der Waals surface area contributed by atoms with Crippen LogP contribution in [0.3, 0.4) is 0 Å². The van der Waals surface area contributed by atoms with Crippen molar-refractivity contribution < 1.29 is 40.7 Å². The van der Waals surface area contributed by atoms with Gasteiger partial charge in [-0.1, -0.05) is 12.1 Å². The normalized spacial score (nSPS) is 11.8. The van der Waals surface area contributed by atoms with Crippen molar-refractivity contribution in [3.63, 3.8) is 0 Å². The van der Waals surface area contributed by atoms with Gasteiger partial charge in [0.1, 0.15) is 17.2 Å². The number of rotatable bonds is 5. The molecule has 38 heavy (non-hydrogen) atoms. The van der Waals surface area contributed by atoms with Crippen LogP contribution in [0.15, 0.2) is 72.9 Å². The first kappa shape index (κ1) is 26.5. The van der Waals surface area contributed by atoms with Crippen molar-refractivity contribution in [3.8, 4) is 11.5 Å². The Morgan fingerprint density at radius 2 is 1.45 bits per heavy atom. The average Bonchev–Trinajstić information content (AvgIpc) is 2.87. The largest absolute Gasteiger partial charge is 0.457 e. The third-order valence-electron chi connectivity index (χ3n) is 5.38. The number of amides is 2. The number of pyridine rings is 1. The van der Waals surface area contributed by atoms with Crippen LogP contribution in [0.1, 0.15) is 32.0 Å². The van der Waals surface area contributed by atoms with Gasteiger partial charge >= 0.3 is 12.4 Å². The summed E-state index contributed by atoms with van der Waals surface area (Å²) in [6.45, 7) is 0. The number of nitrogens with zero attached hydrogens (tertiary/aromatic N) is 1. The third kappa shape index (κ3) is 5.85. The van der Waals surface area contributed by atoms with Crippen molar-refractivity contribution in [3.05, 3.63) is 95.3 Å². The molecule has 3 aromatic carbocycles. The second-order valence-corrected chi connectivity index (χ2v) is 8.00. The van der Waals surface area contributed by atoms with E-state index in [9.17, 15) is 35.9 Å². The number of fused-ring (bicyclic) bond motifs is 1. The Morgan fingerprint density at radius 1 is 0.789 bits per heavy atom. The van der Waals surface area contributed by atoms with E-state index in [-0.39, 0.29) is 17.4 Å². The second kappa shape index (κ2) is 10.0. The molecular formula is C26H17F6N3O3. The number of benzene rings is 3. The van der Waals surface area contributed by atoms with Crippen molar-refractivity contribution in [1.82, 2.24) is 10.3 Å². The molecule has 0 spiro atoms. The molecule has 0 radical (unpaired) electrons. The highest BCUT2D eigenvalue weighted by molar-refractivity contribution is 6.09. The predicted octanol–water partition coefficient (Wildman–Crippen LogP) is 6.68. The highest BCUT2D eigenvalue weighted by Gasteiger charge is 2.37. The lowest BCUT2D eigenvalue weighted by Crippen LogP contribution is -2.18. The van der Waals surface area contributed by atoms with Gasteiger partial charge in [-0.05, 0) is 53.9 Å². The Labute approximate surface area is 211 Å². The molecule has 1 aromatic heterocycles. The van der Waals surface area contributed by atoms with Gasteiger partial charge in [0, 0.05) is 35.9 Å². The lowest BCUT2D eigenvalue weighted by atomic mass is 10.0. The smallest absolute Gasteiger partial charge is 0.416 e. The Balaban J connectivity index is 1.62. The maximum Gasteiger partial charge on any atom is 0.416 e. The fourth-order valence-corrected chi connectivity index (χ4v) is 3.58. The molecule has 1 heterocycles. The number of aromatic nitrogens is 1. The zero-order valence-electron chi connectivity index (χ0n) is 19.4. The molecule has 2 N–H and O–H groups in total. The fraction of sp³-hybridized carbons (Fsp3) is 0.115. The van der Waals surface area contributed by atoms with Crippen LogP contribution in [0, 0.1) is 0 Å². The lowest BCUT2D eigenvalue weighted by Gasteiger charge is -2.15. The Morgan fingerprint density at radius 3 is 2.08 bits per heavy atom. The number of hydrogen-bond acceptors (Lipinski definition) is 4. The van der Waals surface area contributed by atoms with E-state index >= 15 is 0 Å². The molecule has 6 nitrogen and oxygen atoms in total. The summed E-state index contributed by atoms with van der Waals surface area (Å²) >= 11 is 0. The van der Waals surface area contributed by atoms with Crippen LogP contribution in [0.2, 0.25) is 0 Å². The summed E-state index contributed by atoms with van der Waals surface area (Å²) in [7, 11) is 1.46. The van der Waals surface area contributed by atoms with E-state index in [1.165, 1.54) is 31.4 Å². The molecule has 2 amide bonds. The SMILES string of the molecule is CNC(=O)c1cc(Oc2ccc3c(NC(=O)c4cc(C(F)(F)F)cc(C(F)(F)F)c4)cccc3c2)ccn1. The Bertz CT molecular complexity index is 1500. The van der Waals surface area contributed by atoms with Gasteiger partial charge in [0.2, 0.25) is 0 Å². The first-order valence-electron chi connectivity index (χ1n) is 10.8. The molecule has 196 valence electrons. The van der Waals surface area contributed by atoms with Gasteiger partial charge in [-0.2, -0.15) is 26.3 Å². The van der Waals surface area contributed by atoms with Crippen LogP contribution >= 0.6 is 0 Å². The van der Waals surface area contributed by atoms with Crippen molar-refractivity contribution in [1.29, 1.82) is 0 Å². The molecule has 0 aliphatic heterocycles. The minimum Gasteiger partial charge on any atom is -0.457 e. The van der Waals surface area contributed by atoms with E-state index in [1.807, 2.05) is 0 Å². The minimum atomic E-state index is -5.08. The van der Waals surface area contributed by atoms with Crippen molar-refractivity contribution >= 4 is 28.3 Å². The number of carbonyl (C=O) groups excluding carboxylic acids is 2. The third-order valence-corrected chi connectivity index (χ3v) is 5.38. The number of carbonyl (C=O) groups is 2. The van der Waals surface area contributed by atoms with Gasteiger partial charge in [0.05, 0.1) is 11.1 Å². The first-order chi connectivity index (χ1) is 17.8. The van der Waals surface area contributed by atoms with E-state index in [2.05, 4.69) is 15.6 Å². The molecule has 0 unspecified atom stereocenters. The van der Waals surface area contributed by atoms with Gasteiger partial charge in [-0.25, -0.2) is 0 Å². The van der Waals surface area contributed by atoms with E-state index < -0.39 is 40.9 Å². The number of nitrogens with one attached hydrogen (secondary N) is 2. The maximum atomic E-state index is 13.2. The Hall–Kier alpha value is -4.61. The minimum absolute atomic E-state index is 0.0450. The molecule has 0 aliphatic carbocycles. The van der Waals surface area contributed by atoms with E-state index in [1.54, 1.807) is 30.3 Å². The van der Waals surface area contributed by atoms with E-state index in [0.717, 1.165) is 0 Å². The quantitative estimate of drug-likeness (QED) is 0.281. The van der Waals surface area contributed by atoms with Gasteiger partial charge in [0.15, 0.2) is 0 Å². The topological polar surface area (TPSA) is 80.3 Å². The molecule has 0 bridgehead atoms. The summed E-state index contributed by atoms with van der Waals surface area (Å²) in [6, 6.07) is 13.1. The van der Waals surface area contributed by atoms with E-state index in [0.29, 0.717) is 34.4 Å². The van der Waals surface area contributed by atoms with Gasteiger partial charge in [-0.3, -0.25) is 14.6 Å². The maximum absolute atomic E-state index is 13.2. The van der Waals surface area contributed by atoms with Crippen molar-refractivity contribution in [2.24, 2.45) is 0 Å². The predicted molar refractivity (Wildman–Crippen MR) is 126 cm³/mol. The lowest BCUT2D eigenvalue weighted by molar-refractivity contribution is -0.143. The highest BCUT2D eigenvalue weighted by Crippen LogP contribution is 2.37. The number of alkyl halides is 6. The summed E-state index contributed by atoms with van der Waals surface area (Å²) < 4.78 is 84.8. The van der Waals surface area contributed by atoms with Crippen LogP contribution in [-0.4, -0.2) is 23.8 Å². The summed E-state index contributed by atoms with van der Waals surface area (Å²) in [5, 5.41) is 5.85. The standard InChI is InChI=1S/C26H17F6N3O3/c1-33-24(37)22-13-19(7-8-34-22)38-18-5-6-20-14(11-18)3-2-4-21(20)35-23(36)15-9-16(25(27,28)29)12-17(10-15)26(30,31)32/h2-13H,1H3,(H,33,37)(H,35,36). The Kier molecular flexibility index (Phi) is 6.99. The van der Waals surface area contributed by atoms with Crippen molar-refractivity contribution in [2.45, 2.75) is 12.4 Å². The zero-order chi connectivity index (χ0) is 27.7. The molecule has 0 saturated heterocycles. The van der Waals surface area contributed by atoms with Gasteiger partial charge < -0.3 is 15.4 Å². The average molecular weight is 533 g/mol. The van der Waals surface area contributed by atoms with Crippen LogP contribution in [0.5, 0.6) is 11.5 Å². The van der Waals surface area contributed by atoms with E-state index in [4.69, 9.17) is 4.74 Å². The second-order valence-electron chi connectivity index (χ2n) is 8.00. The van der Waals surface area contributed by atoms with Crippen LogP contribution in [-0.2, 0) is 12.4 Å². The summed E-state index contributed by atoms with van der Waals surface area (Å²) in [5.74, 6) is -0.861. The fourth-order valence-electron chi connectivity index (χ4n) is 3.58. The molecule has 4 rings (SSSR count). The summed E-state index contributed by atoms with van der Waals surface area (Å²) in [4.78, 5) is 28.5. The molecule has 0 aliphatic rings. The first-order valence-corrected chi connectivity index (χ1v) is 10.8. The molecule has 4 aromatic rings. The molecular weight excluding hydrogens is 516 g/mol. The number of halogens is 6. The van der Waals surface area contributed by atoms with Gasteiger partial charge in [-0.15, -0.1) is 0 Å².